The number of amides is 1. The lowest BCUT2D eigenvalue weighted by atomic mass is 10.0. The van der Waals surface area contributed by atoms with E-state index in [1.165, 1.54) is 18.3 Å². The van der Waals surface area contributed by atoms with Crippen LogP contribution >= 0.6 is 11.3 Å². The molecule has 5 heteroatoms. The van der Waals surface area contributed by atoms with Crippen LogP contribution in [-0.4, -0.2) is 23.0 Å². The van der Waals surface area contributed by atoms with E-state index in [2.05, 4.69) is 5.32 Å². The van der Waals surface area contributed by atoms with E-state index in [9.17, 15) is 9.59 Å². The molecule has 0 radical (unpaired) electrons. The number of thiophene rings is 1. The van der Waals surface area contributed by atoms with Crippen molar-refractivity contribution in [3.8, 4) is 0 Å². The monoisotopic (exact) mass is 241 g/mol. The number of carboxylic acid groups (broad SMARTS) is 1. The summed E-state index contributed by atoms with van der Waals surface area (Å²) < 4.78 is 0. The first-order valence-corrected chi connectivity index (χ1v) is 5.92. The van der Waals surface area contributed by atoms with E-state index in [-0.39, 0.29) is 11.8 Å². The van der Waals surface area contributed by atoms with Crippen molar-refractivity contribution in [1.29, 1.82) is 0 Å². The first-order chi connectivity index (χ1) is 7.43. The topological polar surface area (TPSA) is 66.4 Å². The molecule has 0 fully saturated rings. The van der Waals surface area contributed by atoms with Crippen LogP contribution in [0.2, 0.25) is 0 Å². The van der Waals surface area contributed by atoms with Gasteiger partial charge in [0.1, 0.15) is 6.04 Å². The Morgan fingerprint density at radius 2 is 2.00 bits per heavy atom. The molecule has 0 aliphatic carbocycles. The molecule has 1 amide bonds. The fraction of sp³-hybridized carbons (Fsp3) is 0.455. The number of aliphatic carboxylic acids is 1. The summed E-state index contributed by atoms with van der Waals surface area (Å²) in [5, 5.41) is 13.0. The maximum Gasteiger partial charge on any atom is 0.325 e. The van der Waals surface area contributed by atoms with E-state index < -0.39 is 12.0 Å². The molecule has 1 atom stereocenters. The second-order valence-corrected chi connectivity index (χ2v) is 4.81. The molecule has 16 heavy (non-hydrogen) atoms. The Morgan fingerprint density at radius 3 is 2.50 bits per heavy atom. The molecule has 0 saturated carbocycles. The maximum atomic E-state index is 11.8. The van der Waals surface area contributed by atoms with Gasteiger partial charge in [-0.2, -0.15) is 0 Å². The summed E-state index contributed by atoms with van der Waals surface area (Å²) in [7, 11) is 0. The highest BCUT2D eigenvalue weighted by molar-refractivity contribution is 7.12. The van der Waals surface area contributed by atoms with Crippen LogP contribution in [0.5, 0.6) is 0 Å². The fourth-order valence-electron chi connectivity index (χ4n) is 1.28. The molecule has 1 rings (SSSR count). The van der Waals surface area contributed by atoms with E-state index >= 15 is 0 Å². The molecule has 1 heterocycles. The number of hydrogen-bond donors (Lipinski definition) is 2. The molecule has 0 spiro atoms. The Bertz CT molecular complexity index is 398. The van der Waals surface area contributed by atoms with Crippen LogP contribution in [0.4, 0.5) is 0 Å². The smallest absolute Gasteiger partial charge is 0.325 e. The summed E-state index contributed by atoms with van der Waals surface area (Å²) in [6.45, 7) is 5.45. The van der Waals surface area contributed by atoms with Crippen molar-refractivity contribution in [2.24, 2.45) is 0 Å². The largest absolute Gasteiger partial charge is 0.480 e. The van der Waals surface area contributed by atoms with Crippen molar-refractivity contribution in [2.75, 3.05) is 0 Å². The van der Waals surface area contributed by atoms with Gasteiger partial charge in [0, 0.05) is 0 Å². The van der Waals surface area contributed by atoms with Gasteiger partial charge in [-0.1, -0.05) is 13.8 Å². The zero-order chi connectivity index (χ0) is 12.3. The maximum absolute atomic E-state index is 11.8. The third kappa shape index (κ3) is 2.82. The van der Waals surface area contributed by atoms with Crippen LogP contribution in [-0.2, 0) is 4.79 Å². The highest BCUT2D eigenvalue weighted by Crippen LogP contribution is 2.24. The highest BCUT2D eigenvalue weighted by atomic mass is 32.1. The van der Waals surface area contributed by atoms with Crippen LogP contribution in [0.3, 0.4) is 0 Å². The number of rotatable bonds is 4. The normalized spacial score (nSPS) is 12.5. The van der Waals surface area contributed by atoms with Gasteiger partial charge in [-0.3, -0.25) is 9.59 Å². The van der Waals surface area contributed by atoms with E-state index in [1.807, 2.05) is 25.3 Å². The average molecular weight is 241 g/mol. The van der Waals surface area contributed by atoms with Gasteiger partial charge in [-0.05, 0) is 29.9 Å². The lowest BCUT2D eigenvalue weighted by Crippen LogP contribution is -2.38. The number of hydrogen-bond acceptors (Lipinski definition) is 3. The standard InChI is InChI=1S/C11H15NO3S/c1-6(2)8-4-5-16-9(8)10(13)12-7(3)11(14)15/h4-7H,1-3H3,(H,12,13)(H,14,15). The van der Waals surface area contributed by atoms with Crippen molar-refractivity contribution in [1.82, 2.24) is 5.32 Å². The van der Waals surface area contributed by atoms with Gasteiger partial charge in [0.05, 0.1) is 4.88 Å². The van der Waals surface area contributed by atoms with E-state index in [4.69, 9.17) is 5.11 Å². The molecular weight excluding hydrogens is 226 g/mol. The summed E-state index contributed by atoms with van der Waals surface area (Å²) in [5.74, 6) is -1.09. The Balaban J connectivity index is 2.81. The van der Waals surface area contributed by atoms with Crippen LogP contribution < -0.4 is 5.32 Å². The van der Waals surface area contributed by atoms with Crippen LogP contribution in [0.1, 0.15) is 41.9 Å². The number of nitrogens with one attached hydrogen (secondary N) is 1. The predicted molar refractivity (Wildman–Crippen MR) is 63.0 cm³/mol. The van der Waals surface area contributed by atoms with Crippen molar-refractivity contribution >= 4 is 23.2 Å². The average Bonchev–Trinajstić information content (AvgIpc) is 2.65. The molecule has 2 N–H and O–H groups in total. The molecule has 1 unspecified atom stereocenters. The second kappa shape index (κ2) is 5.12. The minimum atomic E-state index is -1.03. The van der Waals surface area contributed by atoms with Crippen molar-refractivity contribution in [2.45, 2.75) is 32.7 Å². The van der Waals surface area contributed by atoms with Crippen molar-refractivity contribution in [3.63, 3.8) is 0 Å². The Hall–Kier alpha value is -1.36. The number of carbonyl (C=O) groups is 2. The van der Waals surface area contributed by atoms with Gasteiger partial charge in [0.2, 0.25) is 0 Å². The Morgan fingerprint density at radius 1 is 1.38 bits per heavy atom. The third-order valence-corrected chi connectivity index (χ3v) is 3.17. The van der Waals surface area contributed by atoms with Crippen molar-refractivity contribution < 1.29 is 14.7 Å². The van der Waals surface area contributed by atoms with Gasteiger partial charge < -0.3 is 10.4 Å². The van der Waals surface area contributed by atoms with E-state index in [1.54, 1.807) is 0 Å². The van der Waals surface area contributed by atoms with E-state index in [0.29, 0.717) is 4.88 Å². The summed E-state index contributed by atoms with van der Waals surface area (Å²) in [6.07, 6.45) is 0. The van der Waals surface area contributed by atoms with Gasteiger partial charge >= 0.3 is 5.97 Å². The Labute approximate surface area is 98.3 Å². The van der Waals surface area contributed by atoms with E-state index in [0.717, 1.165) is 5.56 Å². The SMILES string of the molecule is CC(NC(=O)c1sccc1C(C)C)C(=O)O. The van der Waals surface area contributed by atoms with Gasteiger partial charge in [-0.15, -0.1) is 11.3 Å². The second-order valence-electron chi connectivity index (χ2n) is 3.89. The molecule has 0 aromatic carbocycles. The van der Waals surface area contributed by atoms with Crippen LogP contribution in [0, 0.1) is 0 Å². The summed E-state index contributed by atoms with van der Waals surface area (Å²) >= 11 is 1.33. The molecule has 1 aromatic heterocycles. The predicted octanol–water partition coefficient (Wildman–Crippen LogP) is 2.07. The van der Waals surface area contributed by atoms with Crippen molar-refractivity contribution in [3.05, 3.63) is 21.9 Å². The highest BCUT2D eigenvalue weighted by Gasteiger charge is 2.19. The summed E-state index contributed by atoms with van der Waals surface area (Å²) in [6, 6.07) is 1.03. The number of carboxylic acids is 1. The molecule has 0 aliphatic rings. The fourth-order valence-corrected chi connectivity index (χ4v) is 2.24. The molecule has 0 bridgehead atoms. The van der Waals surface area contributed by atoms with Gasteiger partial charge in [0.15, 0.2) is 0 Å². The Kier molecular flexibility index (Phi) is 4.06. The first kappa shape index (κ1) is 12.7. The summed E-state index contributed by atoms with van der Waals surface area (Å²) in [5.41, 5.74) is 0.958. The molecule has 4 nitrogen and oxygen atoms in total. The van der Waals surface area contributed by atoms with Crippen LogP contribution in [0.15, 0.2) is 11.4 Å². The third-order valence-electron chi connectivity index (χ3n) is 2.24. The zero-order valence-corrected chi connectivity index (χ0v) is 10.3. The quantitative estimate of drug-likeness (QED) is 0.848. The van der Waals surface area contributed by atoms with Gasteiger partial charge in [0.25, 0.3) is 5.91 Å². The van der Waals surface area contributed by atoms with Crippen LogP contribution in [0.25, 0.3) is 0 Å². The molecule has 0 aliphatic heterocycles. The minimum absolute atomic E-state index is 0.257. The first-order valence-electron chi connectivity index (χ1n) is 5.04. The lowest BCUT2D eigenvalue weighted by Gasteiger charge is -2.10. The summed E-state index contributed by atoms with van der Waals surface area (Å²) in [4.78, 5) is 23.0. The minimum Gasteiger partial charge on any atom is -0.480 e. The number of carbonyl (C=O) groups excluding carboxylic acids is 1. The lowest BCUT2D eigenvalue weighted by molar-refractivity contribution is -0.138. The molecular formula is C11H15NO3S. The molecule has 1 aromatic rings. The zero-order valence-electron chi connectivity index (χ0n) is 9.48. The van der Waals surface area contributed by atoms with Gasteiger partial charge in [-0.25, -0.2) is 0 Å². The molecule has 0 saturated heterocycles. The molecule has 88 valence electrons.